The van der Waals surface area contributed by atoms with Gasteiger partial charge < -0.3 is 10.6 Å². The van der Waals surface area contributed by atoms with Gasteiger partial charge in [0.25, 0.3) is 5.56 Å². The molecule has 1 aromatic heterocycles. The molecule has 1 atom stereocenters. The highest BCUT2D eigenvalue weighted by Crippen LogP contribution is 2.27. The lowest BCUT2D eigenvalue weighted by molar-refractivity contribution is -0.118. The van der Waals surface area contributed by atoms with Gasteiger partial charge in [0.05, 0.1) is 16.7 Å². The first-order chi connectivity index (χ1) is 15.9. The van der Waals surface area contributed by atoms with Crippen LogP contribution in [0.5, 0.6) is 0 Å². The zero-order chi connectivity index (χ0) is 23.5. The van der Waals surface area contributed by atoms with Crippen LogP contribution in [0.1, 0.15) is 25.5 Å². The average molecular weight is 441 g/mol. The van der Waals surface area contributed by atoms with Gasteiger partial charge >= 0.3 is 0 Å². The second-order valence-corrected chi connectivity index (χ2v) is 7.83. The maximum Gasteiger partial charge on any atom is 0.278 e. The molecule has 0 aliphatic rings. The molecule has 4 aromatic rings. The fourth-order valence-electron chi connectivity index (χ4n) is 3.77. The number of fused-ring (bicyclic) bond motifs is 1. The number of para-hydroxylation sites is 4. The Balaban J connectivity index is 1.87. The smallest absolute Gasteiger partial charge is 0.278 e. The molecule has 33 heavy (non-hydrogen) atoms. The third-order valence-corrected chi connectivity index (χ3v) is 5.46. The van der Waals surface area contributed by atoms with Crippen molar-refractivity contribution in [1.82, 2.24) is 9.55 Å². The largest absolute Gasteiger partial charge is 0.326 e. The molecule has 0 bridgehead atoms. The quantitative estimate of drug-likeness (QED) is 0.477. The number of rotatable bonds is 5. The Hall–Kier alpha value is -4.26. The lowest BCUT2D eigenvalue weighted by Crippen LogP contribution is -2.33. The zero-order valence-corrected chi connectivity index (χ0v) is 18.6. The van der Waals surface area contributed by atoms with Crippen LogP contribution in [0.2, 0.25) is 0 Å². The molecule has 0 saturated heterocycles. The molecule has 1 heterocycles. The topological polar surface area (TPSA) is 93.1 Å². The molecule has 0 spiro atoms. The van der Waals surface area contributed by atoms with Gasteiger partial charge in [0.1, 0.15) is 11.7 Å². The van der Waals surface area contributed by atoms with Crippen LogP contribution in [0.25, 0.3) is 22.3 Å². The Bertz CT molecular complexity index is 1420. The van der Waals surface area contributed by atoms with Gasteiger partial charge in [-0.3, -0.25) is 19.0 Å². The number of nitrogens with one attached hydrogen (secondary N) is 2. The summed E-state index contributed by atoms with van der Waals surface area (Å²) in [5, 5.41) is 5.67. The zero-order valence-electron chi connectivity index (χ0n) is 18.6. The number of amides is 2. The Morgan fingerprint density at radius 1 is 0.879 bits per heavy atom. The van der Waals surface area contributed by atoms with Crippen molar-refractivity contribution >= 4 is 34.2 Å². The number of aryl methyl sites for hydroxylation is 1. The van der Waals surface area contributed by atoms with Gasteiger partial charge in [0, 0.05) is 18.2 Å². The number of carbonyl (C=O) groups is 2. The average Bonchev–Trinajstić information content (AvgIpc) is 2.80. The maximum atomic E-state index is 13.7. The van der Waals surface area contributed by atoms with Crippen molar-refractivity contribution in [1.29, 1.82) is 0 Å². The third kappa shape index (κ3) is 4.39. The van der Waals surface area contributed by atoms with Gasteiger partial charge in [-0.1, -0.05) is 48.5 Å². The van der Waals surface area contributed by atoms with E-state index in [9.17, 15) is 14.4 Å². The van der Waals surface area contributed by atoms with Gasteiger partial charge in [-0.05, 0) is 43.7 Å². The molecular formula is C26H24N4O3. The number of anilines is 2. The minimum Gasteiger partial charge on any atom is -0.326 e. The van der Waals surface area contributed by atoms with Crippen LogP contribution >= 0.6 is 0 Å². The summed E-state index contributed by atoms with van der Waals surface area (Å²) in [6, 6.07) is 20.8. The predicted molar refractivity (Wildman–Crippen MR) is 130 cm³/mol. The molecule has 0 saturated carbocycles. The van der Waals surface area contributed by atoms with Crippen LogP contribution in [0.3, 0.4) is 0 Å². The summed E-state index contributed by atoms with van der Waals surface area (Å²) in [5.41, 5.74) is 3.45. The van der Waals surface area contributed by atoms with Crippen molar-refractivity contribution in [2.75, 3.05) is 10.6 Å². The number of aromatic nitrogens is 2. The fourth-order valence-corrected chi connectivity index (χ4v) is 3.77. The molecule has 2 amide bonds. The Labute approximate surface area is 191 Å². The standard InChI is InChI=1S/C26H24N4O3/c1-16-10-4-6-12-20(16)29-25(32)17(2)30-23-15-9-8-14-22(23)28-24(26(30)33)19-11-5-7-13-21(19)27-18(3)31/h4-15,17H,1-3H3,(H,27,31)(H,29,32)/t17-/m1/s1. The molecule has 4 rings (SSSR count). The second kappa shape index (κ2) is 9.08. The summed E-state index contributed by atoms with van der Waals surface area (Å²) in [5.74, 6) is -0.571. The normalized spacial score (nSPS) is 11.7. The first-order valence-electron chi connectivity index (χ1n) is 10.6. The van der Waals surface area contributed by atoms with E-state index in [1.807, 2.05) is 37.3 Å². The monoisotopic (exact) mass is 440 g/mol. The lowest BCUT2D eigenvalue weighted by Gasteiger charge is -2.20. The first kappa shape index (κ1) is 22.0. The van der Waals surface area contributed by atoms with Crippen molar-refractivity contribution in [3.8, 4) is 11.3 Å². The van der Waals surface area contributed by atoms with Crippen molar-refractivity contribution in [2.24, 2.45) is 0 Å². The van der Waals surface area contributed by atoms with Crippen LogP contribution in [0.15, 0.2) is 77.6 Å². The van der Waals surface area contributed by atoms with E-state index in [2.05, 4.69) is 15.6 Å². The molecule has 0 aliphatic heterocycles. The SMILES string of the molecule is CC(=O)Nc1ccccc1-c1nc2ccccc2n([C@H](C)C(=O)Nc2ccccc2C)c1=O. The van der Waals surface area contributed by atoms with E-state index in [0.29, 0.717) is 28.0 Å². The van der Waals surface area contributed by atoms with E-state index in [0.717, 1.165) is 5.56 Å². The third-order valence-electron chi connectivity index (χ3n) is 5.46. The molecule has 0 unspecified atom stereocenters. The predicted octanol–water partition coefficient (Wildman–Crippen LogP) is 4.53. The number of carbonyl (C=O) groups excluding carboxylic acids is 2. The van der Waals surface area contributed by atoms with Crippen molar-refractivity contribution in [3.63, 3.8) is 0 Å². The van der Waals surface area contributed by atoms with Crippen LogP contribution < -0.4 is 16.2 Å². The Morgan fingerprint density at radius 3 is 2.24 bits per heavy atom. The van der Waals surface area contributed by atoms with E-state index in [-0.39, 0.29) is 17.5 Å². The lowest BCUT2D eigenvalue weighted by atomic mass is 10.1. The summed E-state index contributed by atoms with van der Waals surface area (Å²) < 4.78 is 1.45. The molecule has 0 radical (unpaired) electrons. The van der Waals surface area contributed by atoms with Crippen LogP contribution in [0, 0.1) is 6.92 Å². The van der Waals surface area contributed by atoms with E-state index in [1.54, 1.807) is 49.4 Å². The molecule has 2 N–H and O–H groups in total. The molecule has 7 heteroatoms. The minimum atomic E-state index is -0.809. The van der Waals surface area contributed by atoms with Gasteiger partial charge in [-0.2, -0.15) is 0 Å². The van der Waals surface area contributed by atoms with Crippen LogP contribution in [-0.4, -0.2) is 21.4 Å². The summed E-state index contributed by atoms with van der Waals surface area (Å²) in [7, 11) is 0. The molecule has 3 aromatic carbocycles. The molecule has 166 valence electrons. The van der Waals surface area contributed by atoms with Gasteiger partial charge in [-0.15, -0.1) is 0 Å². The van der Waals surface area contributed by atoms with Gasteiger partial charge in [0.2, 0.25) is 11.8 Å². The summed E-state index contributed by atoms with van der Waals surface area (Å²) in [4.78, 5) is 43.2. The van der Waals surface area contributed by atoms with Crippen molar-refractivity contribution < 1.29 is 9.59 Å². The number of benzene rings is 3. The van der Waals surface area contributed by atoms with E-state index < -0.39 is 11.6 Å². The molecule has 0 aliphatic carbocycles. The van der Waals surface area contributed by atoms with E-state index in [4.69, 9.17) is 0 Å². The molecule has 7 nitrogen and oxygen atoms in total. The number of hydrogen-bond acceptors (Lipinski definition) is 4. The summed E-state index contributed by atoms with van der Waals surface area (Å²) >= 11 is 0. The van der Waals surface area contributed by atoms with Gasteiger partial charge in [0.15, 0.2) is 0 Å². The highest BCUT2D eigenvalue weighted by atomic mass is 16.2. The second-order valence-electron chi connectivity index (χ2n) is 7.83. The minimum absolute atomic E-state index is 0.161. The van der Waals surface area contributed by atoms with E-state index in [1.165, 1.54) is 11.5 Å². The summed E-state index contributed by atoms with van der Waals surface area (Å²) in [6.45, 7) is 5.00. The summed E-state index contributed by atoms with van der Waals surface area (Å²) in [6.07, 6.45) is 0. The van der Waals surface area contributed by atoms with Gasteiger partial charge in [-0.25, -0.2) is 4.98 Å². The Morgan fingerprint density at radius 2 is 1.52 bits per heavy atom. The van der Waals surface area contributed by atoms with E-state index >= 15 is 0 Å². The molecule has 0 fully saturated rings. The number of nitrogens with zero attached hydrogens (tertiary/aromatic N) is 2. The van der Waals surface area contributed by atoms with Crippen molar-refractivity contribution in [2.45, 2.75) is 26.8 Å². The highest BCUT2D eigenvalue weighted by Gasteiger charge is 2.23. The van der Waals surface area contributed by atoms with Crippen LogP contribution in [-0.2, 0) is 9.59 Å². The Kier molecular flexibility index (Phi) is 6.04. The van der Waals surface area contributed by atoms with Crippen molar-refractivity contribution in [3.05, 3.63) is 88.7 Å². The fraction of sp³-hybridized carbons (Fsp3) is 0.154. The number of hydrogen-bond donors (Lipinski definition) is 2. The maximum absolute atomic E-state index is 13.7. The highest BCUT2D eigenvalue weighted by molar-refractivity contribution is 5.96. The molecular weight excluding hydrogens is 416 g/mol. The first-order valence-corrected chi connectivity index (χ1v) is 10.6. The van der Waals surface area contributed by atoms with Crippen LogP contribution in [0.4, 0.5) is 11.4 Å².